The molecule has 4 aromatic rings. The first-order valence-electron chi connectivity index (χ1n) is 21.5. The lowest BCUT2D eigenvalue weighted by Crippen LogP contribution is -2.51. The fourth-order valence-electron chi connectivity index (χ4n) is 9.83. The van der Waals surface area contributed by atoms with E-state index in [1.54, 1.807) is 18.3 Å². The molecule has 0 radical (unpaired) electrons. The molecule has 4 heterocycles. The molecular formula is C45H51F3N8O6. The Kier molecular flexibility index (Phi) is 12.5. The molecule has 17 heteroatoms. The number of fused-ring (bicyclic) bond motifs is 1. The number of aromatic nitrogens is 4. The summed E-state index contributed by atoms with van der Waals surface area (Å²) in [5.74, 6) is 5.69. The first kappa shape index (κ1) is 42.6. The smallest absolute Gasteiger partial charge is 0.436 e. The van der Waals surface area contributed by atoms with E-state index in [0.29, 0.717) is 37.3 Å². The van der Waals surface area contributed by atoms with Gasteiger partial charge in [0.15, 0.2) is 5.69 Å². The average Bonchev–Trinajstić information content (AvgIpc) is 4.12. The van der Waals surface area contributed by atoms with Crippen LogP contribution in [0.25, 0.3) is 22.0 Å². The first-order chi connectivity index (χ1) is 29.9. The van der Waals surface area contributed by atoms with Crippen molar-refractivity contribution in [2.75, 3.05) is 27.3 Å². The molecule has 2 aliphatic heterocycles. The van der Waals surface area contributed by atoms with Gasteiger partial charge >= 0.3 is 18.4 Å². The number of nitrogens with one attached hydrogen (secondary N) is 4. The van der Waals surface area contributed by atoms with Crippen molar-refractivity contribution in [1.82, 2.24) is 40.4 Å². The van der Waals surface area contributed by atoms with E-state index in [1.165, 1.54) is 19.1 Å². The number of carbonyl (C=O) groups is 4. The second kappa shape index (κ2) is 18.1. The second-order valence-electron chi connectivity index (χ2n) is 16.7. The van der Waals surface area contributed by atoms with Gasteiger partial charge in [-0.25, -0.2) is 19.6 Å². The van der Waals surface area contributed by atoms with E-state index in [-0.39, 0.29) is 35.5 Å². The zero-order valence-electron chi connectivity index (χ0n) is 34.8. The van der Waals surface area contributed by atoms with E-state index in [1.807, 2.05) is 29.2 Å². The Morgan fingerprint density at radius 3 is 1.84 bits per heavy atom. The van der Waals surface area contributed by atoms with E-state index < -0.39 is 47.9 Å². The molecule has 2 aromatic heterocycles. The van der Waals surface area contributed by atoms with E-state index >= 15 is 0 Å². The van der Waals surface area contributed by atoms with E-state index in [9.17, 15) is 32.3 Å². The van der Waals surface area contributed by atoms with Gasteiger partial charge in [-0.2, -0.15) is 13.2 Å². The maximum Gasteiger partial charge on any atom is 0.436 e. The summed E-state index contributed by atoms with van der Waals surface area (Å²) in [5, 5.41) is 7.17. The van der Waals surface area contributed by atoms with E-state index in [4.69, 9.17) is 9.47 Å². The van der Waals surface area contributed by atoms with Crippen molar-refractivity contribution < 1.29 is 41.8 Å². The number of aromatic amines is 2. The molecule has 2 unspecified atom stereocenters. The molecule has 0 bridgehead atoms. The molecule has 14 nitrogen and oxygen atoms in total. The molecule has 4 fully saturated rings. The number of H-pyrrole nitrogens is 2. The van der Waals surface area contributed by atoms with Crippen molar-refractivity contribution in [3.8, 4) is 23.1 Å². The zero-order chi connectivity index (χ0) is 43.5. The van der Waals surface area contributed by atoms with Crippen LogP contribution in [-0.2, 0) is 25.2 Å². The largest absolute Gasteiger partial charge is 0.453 e. The lowest BCUT2D eigenvalue weighted by molar-refractivity contribution is -0.141. The second-order valence-corrected chi connectivity index (χ2v) is 16.7. The molecule has 2 saturated heterocycles. The van der Waals surface area contributed by atoms with Crippen LogP contribution in [0, 0.1) is 23.7 Å². The number of amides is 4. The molecule has 2 aliphatic carbocycles. The monoisotopic (exact) mass is 856 g/mol. The molecule has 4 amide bonds. The number of likely N-dealkylation sites (tertiary alicyclic amines) is 2. The number of halogens is 3. The Labute approximate surface area is 357 Å². The SMILES string of the molecule is COC(=O)N[C@H](C(=O)N1CCCC1c1ncc(-c2ccc3cc(C#Cc4[nH]c(C5CCCN5C(=O)[C@@H](NC(=O)OC)C5CCCC5)nc4C(F)(F)F)ccc3c2)[nH]1)C1CCCC1. The van der Waals surface area contributed by atoms with Crippen LogP contribution in [0.15, 0.2) is 42.6 Å². The summed E-state index contributed by atoms with van der Waals surface area (Å²) < 4.78 is 52.8. The molecule has 62 heavy (non-hydrogen) atoms. The number of rotatable bonds is 9. The summed E-state index contributed by atoms with van der Waals surface area (Å²) in [6.45, 7) is 0.877. The predicted molar refractivity (Wildman–Crippen MR) is 221 cm³/mol. The summed E-state index contributed by atoms with van der Waals surface area (Å²) in [7, 11) is 2.51. The highest BCUT2D eigenvalue weighted by Gasteiger charge is 2.44. The van der Waals surface area contributed by atoms with Gasteiger partial charge in [-0.3, -0.25) is 9.59 Å². The summed E-state index contributed by atoms with van der Waals surface area (Å²) in [4.78, 5) is 70.4. The summed E-state index contributed by atoms with van der Waals surface area (Å²) in [6.07, 6.45) is 5.22. The minimum atomic E-state index is -4.80. The minimum Gasteiger partial charge on any atom is -0.453 e. The lowest BCUT2D eigenvalue weighted by atomic mass is 9.96. The number of hydrogen-bond acceptors (Lipinski definition) is 8. The van der Waals surface area contributed by atoms with Gasteiger partial charge in [0.05, 0.1) is 38.2 Å². The van der Waals surface area contributed by atoms with Crippen LogP contribution in [0.3, 0.4) is 0 Å². The molecule has 0 spiro atoms. The Morgan fingerprint density at radius 2 is 1.27 bits per heavy atom. The van der Waals surface area contributed by atoms with Crippen LogP contribution < -0.4 is 10.6 Å². The number of hydrogen-bond donors (Lipinski definition) is 4. The van der Waals surface area contributed by atoms with Crippen LogP contribution in [0.5, 0.6) is 0 Å². The number of benzene rings is 2. The normalized spacial score (nSPS) is 20.5. The highest BCUT2D eigenvalue weighted by Crippen LogP contribution is 2.39. The topological polar surface area (TPSA) is 175 Å². The zero-order valence-corrected chi connectivity index (χ0v) is 34.8. The van der Waals surface area contributed by atoms with Crippen molar-refractivity contribution in [1.29, 1.82) is 0 Å². The molecule has 2 saturated carbocycles. The predicted octanol–water partition coefficient (Wildman–Crippen LogP) is 7.53. The van der Waals surface area contributed by atoms with Gasteiger partial charge in [-0.1, -0.05) is 49.8 Å². The molecular weight excluding hydrogens is 806 g/mol. The van der Waals surface area contributed by atoms with Gasteiger partial charge in [0.2, 0.25) is 11.8 Å². The number of ether oxygens (including phenoxy) is 2. The summed E-state index contributed by atoms with van der Waals surface area (Å²) >= 11 is 0. The van der Waals surface area contributed by atoms with Crippen molar-refractivity contribution in [2.24, 2.45) is 11.8 Å². The molecule has 4 atom stereocenters. The molecule has 4 aliphatic rings. The maximum atomic E-state index is 14.4. The van der Waals surface area contributed by atoms with Crippen molar-refractivity contribution >= 4 is 34.8 Å². The summed E-state index contributed by atoms with van der Waals surface area (Å²) in [6, 6.07) is 8.68. The van der Waals surface area contributed by atoms with Crippen LogP contribution in [0.4, 0.5) is 22.8 Å². The van der Waals surface area contributed by atoms with Crippen LogP contribution >= 0.6 is 0 Å². The number of methoxy groups -OCH3 is 2. The van der Waals surface area contributed by atoms with Gasteiger partial charge in [-0.15, -0.1) is 0 Å². The van der Waals surface area contributed by atoms with Gasteiger partial charge < -0.3 is 39.9 Å². The fraction of sp³-hybridized carbons (Fsp3) is 0.511. The Bertz CT molecular complexity index is 2370. The van der Waals surface area contributed by atoms with Crippen molar-refractivity contribution in [2.45, 2.75) is 107 Å². The number of alkyl carbamates (subject to hydrolysis) is 2. The quantitative estimate of drug-likeness (QED) is 0.125. The fourth-order valence-corrected chi connectivity index (χ4v) is 9.83. The first-order valence-corrected chi connectivity index (χ1v) is 21.5. The van der Waals surface area contributed by atoms with Crippen LogP contribution in [-0.4, -0.2) is 93.1 Å². The third-order valence-electron chi connectivity index (χ3n) is 13.0. The lowest BCUT2D eigenvalue weighted by Gasteiger charge is -2.31. The standard InChI is InChI=1S/C45H51F3N8O6/c1-61-43(59)52-36(27-9-3-4-10-27)41(57)55-21-7-13-34(55)39-49-25-33(51-39)31-19-18-29-23-26(15-17-30(29)24-31)16-20-32-38(45(46,47)48)54-40(50-32)35-14-8-22-56(35)42(58)37(53-44(60)62-2)28-11-5-6-12-28/h15,17-19,23-25,27-28,34-37H,3-14,21-22H2,1-2H3,(H,49,51)(H,50,54)(H,52,59)(H,53,60)/t34?,35?,36-,37-/m0/s1. The Balaban J connectivity index is 0.987. The average molecular weight is 857 g/mol. The van der Waals surface area contributed by atoms with Gasteiger partial charge in [-0.05, 0) is 98.1 Å². The van der Waals surface area contributed by atoms with Crippen LogP contribution in [0.2, 0.25) is 0 Å². The Hall–Kier alpha value is -6.05. The third-order valence-corrected chi connectivity index (χ3v) is 13.0. The number of nitrogens with zero attached hydrogens (tertiary/aromatic N) is 4. The third kappa shape index (κ3) is 8.96. The van der Waals surface area contributed by atoms with Gasteiger partial charge in [0, 0.05) is 24.2 Å². The van der Waals surface area contributed by atoms with Crippen molar-refractivity contribution in [3.05, 3.63) is 71.2 Å². The number of alkyl halides is 3. The number of carbonyl (C=O) groups excluding carboxylic acids is 4. The summed E-state index contributed by atoms with van der Waals surface area (Å²) in [5.41, 5.74) is 0.565. The Morgan fingerprint density at radius 1 is 0.726 bits per heavy atom. The maximum absolute atomic E-state index is 14.4. The van der Waals surface area contributed by atoms with Crippen molar-refractivity contribution in [3.63, 3.8) is 0 Å². The van der Waals surface area contributed by atoms with Gasteiger partial charge in [0.25, 0.3) is 0 Å². The van der Waals surface area contributed by atoms with Crippen LogP contribution in [0.1, 0.15) is 118 Å². The minimum absolute atomic E-state index is 0.000185. The molecule has 328 valence electrons. The molecule has 4 N–H and O–H groups in total. The molecule has 8 rings (SSSR count). The van der Waals surface area contributed by atoms with Gasteiger partial charge in [0.1, 0.15) is 29.4 Å². The number of imidazole rings is 2. The van der Waals surface area contributed by atoms with E-state index in [2.05, 4.69) is 42.4 Å². The van der Waals surface area contributed by atoms with E-state index in [0.717, 1.165) is 86.2 Å². The highest BCUT2D eigenvalue weighted by atomic mass is 19.4. The molecule has 2 aromatic carbocycles. The highest BCUT2D eigenvalue weighted by molar-refractivity contribution is 5.89.